The van der Waals surface area contributed by atoms with Gasteiger partial charge in [-0.3, -0.25) is 4.79 Å². The molecule has 30 heavy (non-hydrogen) atoms. The average molecular weight is 411 g/mol. The van der Waals surface area contributed by atoms with Gasteiger partial charge in [-0.2, -0.15) is 0 Å². The average Bonchev–Trinajstić information content (AvgIpc) is 3.24. The van der Waals surface area contributed by atoms with E-state index in [1.54, 1.807) is 30.3 Å². The Hall–Kier alpha value is -3.22. The molecule has 0 bridgehead atoms. The van der Waals surface area contributed by atoms with Crippen LogP contribution >= 0.6 is 0 Å². The van der Waals surface area contributed by atoms with Crippen molar-refractivity contribution in [3.05, 3.63) is 48.0 Å². The van der Waals surface area contributed by atoms with E-state index in [4.69, 9.17) is 4.74 Å². The lowest BCUT2D eigenvalue weighted by atomic mass is 10.1. The van der Waals surface area contributed by atoms with Crippen LogP contribution in [0.1, 0.15) is 44.0 Å². The summed E-state index contributed by atoms with van der Waals surface area (Å²) in [4.78, 5) is 27.4. The number of hydrogen-bond acceptors (Lipinski definition) is 4. The van der Waals surface area contributed by atoms with Gasteiger partial charge in [-0.05, 0) is 76.1 Å². The molecule has 1 heterocycles. The van der Waals surface area contributed by atoms with Crippen LogP contribution in [0, 0.1) is 0 Å². The van der Waals surface area contributed by atoms with E-state index in [0.29, 0.717) is 23.5 Å². The lowest BCUT2D eigenvalue weighted by molar-refractivity contribution is 0.0943. The summed E-state index contributed by atoms with van der Waals surface area (Å²) < 4.78 is 5.41. The van der Waals surface area contributed by atoms with Crippen molar-refractivity contribution in [2.75, 3.05) is 35.2 Å². The standard InChI is InChI=1S/C23H30N4O3/c1-4-30-19-10-7-17(8-11-19)25-23(29)26-18-9-12-21(27-13-5-6-14-27)20(15-18)22(28)24-16(2)3/h7-12,15-16H,4-6,13-14H2,1-3H3,(H,24,28)(H2,25,26,29). The van der Waals surface area contributed by atoms with Crippen LogP contribution in [0.3, 0.4) is 0 Å². The first-order valence-corrected chi connectivity index (χ1v) is 10.5. The van der Waals surface area contributed by atoms with Crippen molar-refractivity contribution in [2.45, 2.75) is 39.7 Å². The topological polar surface area (TPSA) is 82.7 Å². The maximum absolute atomic E-state index is 12.8. The van der Waals surface area contributed by atoms with Gasteiger partial charge in [-0.25, -0.2) is 4.79 Å². The Morgan fingerprint density at radius 1 is 1.00 bits per heavy atom. The van der Waals surface area contributed by atoms with Gasteiger partial charge in [0.15, 0.2) is 0 Å². The minimum Gasteiger partial charge on any atom is -0.494 e. The molecule has 0 unspecified atom stereocenters. The van der Waals surface area contributed by atoms with Crippen molar-refractivity contribution in [2.24, 2.45) is 0 Å². The summed E-state index contributed by atoms with van der Waals surface area (Å²) in [5.74, 6) is 0.615. The molecule has 7 heteroatoms. The summed E-state index contributed by atoms with van der Waals surface area (Å²) in [6.45, 7) is 8.25. The van der Waals surface area contributed by atoms with E-state index >= 15 is 0 Å². The predicted octanol–water partition coefficient (Wildman–Crippen LogP) is 4.47. The van der Waals surface area contributed by atoms with Gasteiger partial charge in [0, 0.05) is 36.2 Å². The van der Waals surface area contributed by atoms with Gasteiger partial charge in [-0.15, -0.1) is 0 Å². The highest BCUT2D eigenvalue weighted by Crippen LogP contribution is 2.28. The third-order valence-electron chi connectivity index (χ3n) is 4.79. The molecule has 0 aromatic heterocycles. The van der Waals surface area contributed by atoms with Gasteiger partial charge in [0.05, 0.1) is 12.2 Å². The van der Waals surface area contributed by atoms with Crippen molar-refractivity contribution in [3.63, 3.8) is 0 Å². The summed E-state index contributed by atoms with van der Waals surface area (Å²) in [6, 6.07) is 12.3. The van der Waals surface area contributed by atoms with Crippen molar-refractivity contribution in [1.82, 2.24) is 5.32 Å². The van der Waals surface area contributed by atoms with Crippen LogP contribution in [0.15, 0.2) is 42.5 Å². The highest BCUT2D eigenvalue weighted by molar-refractivity contribution is 6.04. The zero-order chi connectivity index (χ0) is 21.5. The summed E-state index contributed by atoms with van der Waals surface area (Å²) >= 11 is 0. The maximum Gasteiger partial charge on any atom is 0.323 e. The number of nitrogens with zero attached hydrogens (tertiary/aromatic N) is 1. The summed E-state index contributed by atoms with van der Waals surface area (Å²) in [7, 11) is 0. The number of ether oxygens (including phenoxy) is 1. The molecule has 0 atom stereocenters. The fraction of sp³-hybridized carbons (Fsp3) is 0.391. The minimum absolute atomic E-state index is 0.0310. The third kappa shape index (κ3) is 5.65. The Kier molecular flexibility index (Phi) is 7.17. The monoisotopic (exact) mass is 410 g/mol. The molecule has 0 saturated carbocycles. The predicted molar refractivity (Wildman–Crippen MR) is 121 cm³/mol. The van der Waals surface area contributed by atoms with Crippen LogP contribution in [0.4, 0.5) is 21.9 Å². The molecular weight excluding hydrogens is 380 g/mol. The van der Waals surface area contributed by atoms with Crippen LogP contribution in [-0.2, 0) is 0 Å². The Morgan fingerprint density at radius 3 is 2.27 bits per heavy atom. The second-order valence-electron chi connectivity index (χ2n) is 7.59. The summed E-state index contributed by atoms with van der Waals surface area (Å²) in [5, 5.41) is 8.56. The first kappa shape index (κ1) is 21.5. The van der Waals surface area contributed by atoms with E-state index < -0.39 is 0 Å². The van der Waals surface area contributed by atoms with Gasteiger partial charge in [0.25, 0.3) is 5.91 Å². The number of carbonyl (C=O) groups is 2. The van der Waals surface area contributed by atoms with E-state index in [9.17, 15) is 9.59 Å². The quantitative estimate of drug-likeness (QED) is 0.629. The van der Waals surface area contributed by atoms with Gasteiger partial charge >= 0.3 is 6.03 Å². The van der Waals surface area contributed by atoms with Gasteiger partial charge in [-0.1, -0.05) is 0 Å². The maximum atomic E-state index is 12.8. The van der Waals surface area contributed by atoms with E-state index in [-0.39, 0.29) is 18.0 Å². The molecule has 0 radical (unpaired) electrons. The van der Waals surface area contributed by atoms with Crippen molar-refractivity contribution < 1.29 is 14.3 Å². The first-order chi connectivity index (χ1) is 14.5. The fourth-order valence-electron chi connectivity index (χ4n) is 3.46. The van der Waals surface area contributed by atoms with Crippen LogP contribution in [0.5, 0.6) is 5.75 Å². The highest BCUT2D eigenvalue weighted by Gasteiger charge is 2.21. The molecule has 2 aromatic rings. The molecule has 2 aromatic carbocycles. The van der Waals surface area contributed by atoms with Crippen LogP contribution in [0.25, 0.3) is 0 Å². The lowest BCUT2D eigenvalue weighted by Gasteiger charge is -2.22. The van der Waals surface area contributed by atoms with Crippen LogP contribution < -0.4 is 25.6 Å². The fourth-order valence-corrected chi connectivity index (χ4v) is 3.46. The van der Waals surface area contributed by atoms with Gasteiger partial charge < -0.3 is 25.6 Å². The minimum atomic E-state index is -0.372. The molecule has 0 spiro atoms. The largest absolute Gasteiger partial charge is 0.494 e. The molecule has 1 aliphatic rings. The van der Waals surface area contributed by atoms with Gasteiger partial charge in [0.2, 0.25) is 0 Å². The Labute approximate surface area is 177 Å². The molecule has 3 N–H and O–H groups in total. The number of rotatable bonds is 7. The molecule has 3 rings (SSSR count). The van der Waals surface area contributed by atoms with E-state index in [1.165, 1.54) is 0 Å². The molecule has 0 aliphatic carbocycles. The molecule has 1 fully saturated rings. The Balaban J connectivity index is 1.73. The lowest BCUT2D eigenvalue weighted by Crippen LogP contribution is -2.32. The second kappa shape index (κ2) is 10.0. The smallest absolute Gasteiger partial charge is 0.323 e. The summed E-state index contributed by atoms with van der Waals surface area (Å²) in [5.41, 5.74) is 2.70. The number of amides is 3. The third-order valence-corrected chi connectivity index (χ3v) is 4.79. The Morgan fingerprint density at radius 2 is 1.63 bits per heavy atom. The molecule has 3 amide bonds. The number of nitrogens with one attached hydrogen (secondary N) is 3. The first-order valence-electron chi connectivity index (χ1n) is 10.5. The molecular formula is C23H30N4O3. The van der Waals surface area contributed by atoms with E-state index in [2.05, 4.69) is 20.9 Å². The number of hydrogen-bond donors (Lipinski definition) is 3. The number of urea groups is 1. The van der Waals surface area contributed by atoms with Crippen molar-refractivity contribution in [1.29, 1.82) is 0 Å². The number of benzene rings is 2. The second-order valence-corrected chi connectivity index (χ2v) is 7.59. The number of carbonyl (C=O) groups excluding carboxylic acids is 2. The Bertz CT molecular complexity index is 875. The molecule has 1 aliphatic heterocycles. The SMILES string of the molecule is CCOc1ccc(NC(=O)Nc2ccc(N3CCCC3)c(C(=O)NC(C)C)c2)cc1. The van der Waals surface area contributed by atoms with Crippen molar-refractivity contribution in [3.8, 4) is 5.75 Å². The zero-order valence-corrected chi connectivity index (χ0v) is 17.8. The molecule has 7 nitrogen and oxygen atoms in total. The normalized spacial score (nSPS) is 13.3. The van der Waals surface area contributed by atoms with Crippen molar-refractivity contribution >= 4 is 29.0 Å². The number of anilines is 3. The van der Waals surface area contributed by atoms with E-state index in [1.807, 2.05) is 32.9 Å². The van der Waals surface area contributed by atoms with Crippen LogP contribution in [-0.4, -0.2) is 37.7 Å². The molecule has 160 valence electrons. The van der Waals surface area contributed by atoms with Gasteiger partial charge in [0.1, 0.15) is 5.75 Å². The zero-order valence-electron chi connectivity index (χ0n) is 17.8. The molecule has 1 saturated heterocycles. The van der Waals surface area contributed by atoms with E-state index in [0.717, 1.165) is 37.4 Å². The summed E-state index contributed by atoms with van der Waals surface area (Å²) in [6.07, 6.45) is 2.24. The highest BCUT2D eigenvalue weighted by atomic mass is 16.5. The van der Waals surface area contributed by atoms with Crippen LogP contribution in [0.2, 0.25) is 0 Å².